The van der Waals surface area contributed by atoms with Gasteiger partial charge in [-0.25, -0.2) is 0 Å². The van der Waals surface area contributed by atoms with E-state index in [9.17, 15) is 9.59 Å². The maximum atomic E-state index is 13.9. The molecule has 3 atom stereocenters. The maximum absolute atomic E-state index is 13.9. The minimum atomic E-state index is -0.853. The Morgan fingerprint density at radius 3 is 2.48 bits per heavy atom. The number of anilines is 1. The second kappa shape index (κ2) is 8.03. The Bertz CT molecular complexity index is 932. The van der Waals surface area contributed by atoms with E-state index in [1.165, 1.54) is 5.01 Å². The average molecular weight is 409 g/mol. The number of para-hydroxylation sites is 1. The van der Waals surface area contributed by atoms with Gasteiger partial charge >= 0.3 is 5.97 Å². The van der Waals surface area contributed by atoms with E-state index in [0.717, 1.165) is 17.0 Å². The van der Waals surface area contributed by atoms with Gasteiger partial charge < -0.3 is 4.74 Å². The molecule has 150 valence electrons. The largest absolute Gasteiger partial charge is 0.466 e. The molecule has 5 nitrogen and oxygen atoms in total. The predicted octanol–water partition coefficient (Wildman–Crippen LogP) is 4.45. The summed E-state index contributed by atoms with van der Waals surface area (Å²) in [5.74, 6) is 0.223. The first-order valence-electron chi connectivity index (χ1n) is 9.86. The number of hydrogen-bond donors (Lipinski definition) is 0. The third-order valence-electron chi connectivity index (χ3n) is 5.74. The lowest BCUT2D eigenvalue weighted by molar-refractivity contribution is -0.145. The monoisotopic (exact) mass is 408 g/mol. The van der Waals surface area contributed by atoms with Gasteiger partial charge in [0, 0.05) is 5.25 Å². The van der Waals surface area contributed by atoms with Gasteiger partial charge in [0.2, 0.25) is 0 Å². The molecule has 0 radical (unpaired) electrons. The SMILES string of the molecule is CCOC(=O)C[C@H]1CS[C@@H](c2ccccc2)[C@]12C(=O)N(c1ccccc1)N=C2C. The molecule has 0 aliphatic carbocycles. The first-order valence-corrected chi connectivity index (χ1v) is 10.9. The summed E-state index contributed by atoms with van der Waals surface area (Å²) in [4.78, 5) is 26.3. The molecule has 6 heteroatoms. The fraction of sp³-hybridized carbons (Fsp3) is 0.348. The molecule has 2 heterocycles. The second-order valence-corrected chi connectivity index (χ2v) is 8.48. The summed E-state index contributed by atoms with van der Waals surface area (Å²) in [5, 5.41) is 6.11. The number of thioether (sulfide) groups is 1. The summed E-state index contributed by atoms with van der Waals surface area (Å²) in [7, 11) is 0. The zero-order valence-corrected chi connectivity index (χ0v) is 17.4. The van der Waals surface area contributed by atoms with E-state index in [2.05, 4.69) is 17.2 Å². The Labute approximate surface area is 175 Å². The van der Waals surface area contributed by atoms with Gasteiger partial charge in [-0.05, 0) is 43.2 Å². The number of nitrogens with zero attached hydrogens (tertiary/aromatic N) is 2. The lowest BCUT2D eigenvalue weighted by Crippen LogP contribution is -2.46. The Kier molecular flexibility index (Phi) is 5.46. The molecule has 0 unspecified atom stereocenters. The van der Waals surface area contributed by atoms with Crippen molar-refractivity contribution < 1.29 is 14.3 Å². The molecular weight excluding hydrogens is 384 g/mol. The summed E-state index contributed by atoms with van der Waals surface area (Å²) in [6.07, 6.45) is 0.214. The van der Waals surface area contributed by atoms with Crippen LogP contribution in [0.4, 0.5) is 5.69 Å². The lowest BCUT2D eigenvalue weighted by Gasteiger charge is -2.34. The Morgan fingerprint density at radius 1 is 1.17 bits per heavy atom. The first kappa shape index (κ1) is 19.7. The number of hydrazone groups is 1. The maximum Gasteiger partial charge on any atom is 0.306 e. The molecule has 0 aromatic heterocycles. The van der Waals surface area contributed by atoms with Gasteiger partial charge in [-0.1, -0.05) is 48.5 Å². The number of amides is 1. The van der Waals surface area contributed by atoms with E-state index in [-0.39, 0.29) is 29.5 Å². The van der Waals surface area contributed by atoms with Gasteiger partial charge in [-0.15, -0.1) is 0 Å². The number of carbonyl (C=O) groups is 2. The molecule has 1 saturated heterocycles. The van der Waals surface area contributed by atoms with E-state index in [1.807, 2.05) is 55.5 Å². The number of hydrogen-bond acceptors (Lipinski definition) is 5. The molecule has 2 aromatic carbocycles. The zero-order valence-electron chi connectivity index (χ0n) is 16.6. The number of carbonyl (C=O) groups excluding carboxylic acids is 2. The summed E-state index contributed by atoms with van der Waals surface area (Å²) >= 11 is 1.73. The van der Waals surface area contributed by atoms with Crippen LogP contribution >= 0.6 is 11.8 Å². The quantitative estimate of drug-likeness (QED) is 0.686. The van der Waals surface area contributed by atoms with Crippen molar-refractivity contribution in [2.24, 2.45) is 16.4 Å². The van der Waals surface area contributed by atoms with Crippen molar-refractivity contribution >= 4 is 35.0 Å². The number of rotatable bonds is 5. The van der Waals surface area contributed by atoms with Crippen molar-refractivity contribution in [3.8, 4) is 0 Å². The van der Waals surface area contributed by atoms with Gasteiger partial charge in [-0.2, -0.15) is 21.9 Å². The molecule has 0 bridgehead atoms. The summed E-state index contributed by atoms with van der Waals surface area (Å²) < 4.78 is 5.22. The molecule has 1 amide bonds. The normalized spacial score (nSPS) is 26.1. The smallest absolute Gasteiger partial charge is 0.306 e. The average Bonchev–Trinajstić information content (AvgIpc) is 3.24. The van der Waals surface area contributed by atoms with E-state index in [4.69, 9.17) is 4.74 Å². The molecule has 2 aliphatic heterocycles. The lowest BCUT2D eigenvalue weighted by atomic mass is 9.67. The summed E-state index contributed by atoms with van der Waals surface area (Å²) in [6, 6.07) is 19.5. The molecule has 0 saturated carbocycles. The molecule has 2 aliphatic rings. The topological polar surface area (TPSA) is 59.0 Å². The highest BCUT2D eigenvalue weighted by atomic mass is 32.2. The summed E-state index contributed by atoms with van der Waals surface area (Å²) in [5.41, 5.74) is 1.74. The van der Waals surface area contributed by atoms with E-state index >= 15 is 0 Å². The zero-order chi connectivity index (χ0) is 20.4. The molecule has 1 spiro atoms. The minimum Gasteiger partial charge on any atom is -0.466 e. The Hall–Kier alpha value is -2.60. The van der Waals surface area contributed by atoms with E-state index in [0.29, 0.717) is 12.4 Å². The minimum absolute atomic E-state index is 0.0608. The molecule has 4 rings (SSSR count). The first-order chi connectivity index (χ1) is 14.1. The number of ether oxygens (including phenoxy) is 1. The van der Waals surface area contributed by atoms with Crippen LogP contribution in [-0.4, -0.2) is 29.9 Å². The van der Waals surface area contributed by atoms with Crippen molar-refractivity contribution in [1.29, 1.82) is 0 Å². The van der Waals surface area contributed by atoms with Crippen LogP contribution in [0.2, 0.25) is 0 Å². The van der Waals surface area contributed by atoms with Crippen molar-refractivity contribution in [1.82, 2.24) is 0 Å². The van der Waals surface area contributed by atoms with Crippen LogP contribution in [0.5, 0.6) is 0 Å². The van der Waals surface area contributed by atoms with Crippen molar-refractivity contribution in [3.05, 3.63) is 66.2 Å². The summed E-state index contributed by atoms with van der Waals surface area (Å²) in [6.45, 7) is 4.06. The number of benzene rings is 2. The van der Waals surface area contributed by atoms with Gasteiger partial charge in [0.15, 0.2) is 0 Å². The third kappa shape index (κ3) is 3.25. The van der Waals surface area contributed by atoms with Crippen LogP contribution < -0.4 is 5.01 Å². The third-order valence-corrected chi connectivity index (χ3v) is 7.31. The molecule has 29 heavy (non-hydrogen) atoms. The van der Waals surface area contributed by atoms with Crippen LogP contribution in [0.25, 0.3) is 0 Å². The van der Waals surface area contributed by atoms with E-state index < -0.39 is 5.41 Å². The predicted molar refractivity (Wildman–Crippen MR) is 116 cm³/mol. The molecular formula is C23H24N2O3S. The van der Waals surface area contributed by atoms with Gasteiger partial charge in [0.05, 0.1) is 24.4 Å². The van der Waals surface area contributed by atoms with Gasteiger partial charge in [0.1, 0.15) is 5.41 Å². The Morgan fingerprint density at radius 2 is 1.83 bits per heavy atom. The standard InChI is InChI=1S/C23H24N2O3S/c1-3-28-20(26)14-18-15-29-21(17-10-6-4-7-11-17)23(18)16(2)24-25(22(23)27)19-12-8-5-9-13-19/h4-13,18,21H,3,14-15H2,1-2H3/t18-,21-,23+/m0/s1. The van der Waals surface area contributed by atoms with Crippen LogP contribution in [0.15, 0.2) is 65.8 Å². The molecule has 0 N–H and O–H groups in total. The van der Waals surface area contributed by atoms with Crippen molar-refractivity contribution in [2.45, 2.75) is 25.5 Å². The fourth-order valence-electron chi connectivity index (χ4n) is 4.44. The van der Waals surface area contributed by atoms with Gasteiger partial charge in [0.25, 0.3) is 5.91 Å². The van der Waals surface area contributed by atoms with Crippen LogP contribution in [0.3, 0.4) is 0 Å². The fourth-order valence-corrected chi connectivity index (χ4v) is 6.32. The van der Waals surface area contributed by atoms with Crippen molar-refractivity contribution in [3.63, 3.8) is 0 Å². The highest BCUT2D eigenvalue weighted by Gasteiger charge is 2.63. The van der Waals surface area contributed by atoms with Crippen LogP contribution in [0.1, 0.15) is 31.1 Å². The molecule has 1 fully saturated rings. The number of esters is 1. The second-order valence-electron chi connectivity index (χ2n) is 7.34. The molecule has 2 aromatic rings. The van der Waals surface area contributed by atoms with Crippen LogP contribution in [-0.2, 0) is 14.3 Å². The van der Waals surface area contributed by atoms with Gasteiger partial charge in [-0.3, -0.25) is 9.59 Å². The highest BCUT2D eigenvalue weighted by Crippen LogP contribution is 2.61. The van der Waals surface area contributed by atoms with Crippen molar-refractivity contribution in [2.75, 3.05) is 17.4 Å². The highest BCUT2D eigenvalue weighted by molar-refractivity contribution is 7.99. The Balaban J connectivity index is 1.78. The van der Waals surface area contributed by atoms with Crippen LogP contribution in [0, 0.1) is 11.3 Å². The van der Waals surface area contributed by atoms with E-state index in [1.54, 1.807) is 18.7 Å².